The van der Waals surface area contributed by atoms with Crippen molar-refractivity contribution in [2.24, 2.45) is 0 Å². The first-order chi connectivity index (χ1) is 13.8. The molecule has 0 saturated heterocycles. The first-order valence-corrected chi connectivity index (χ1v) is 9.53. The first kappa shape index (κ1) is 18.2. The first-order valence-electron chi connectivity index (χ1n) is 9.53. The van der Waals surface area contributed by atoms with Gasteiger partial charge in [-0.2, -0.15) is 5.10 Å². The van der Waals surface area contributed by atoms with Crippen LogP contribution >= 0.6 is 0 Å². The standard InChI is InChI=1S/C23H23N3O2/c27-23-22-20(16-19-10-5-2-6-11-19)24-13-15-28-21(22)17-25-26(23)14-7-12-18-8-3-1-4-9-18/h1-12,17,20,24H,13-16H2. The Morgan fingerprint density at radius 3 is 2.64 bits per heavy atom. The molecule has 1 aromatic heterocycles. The quantitative estimate of drug-likeness (QED) is 0.746. The van der Waals surface area contributed by atoms with Gasteiger partial charge in [0, 0.05) is 12.6 Å². The number of allylic oxidation sites excluding steroid dienone is 1. The number of fused-ring (bicyclic) bond motifs is 1. The van der Waals surface area contributed by atoms with E-state index in [-0.39, 0.29) is 11.6 Å². The van der Waals surface area contributed by atoms with Crippen molar-refractivity contribution in [3.63, 3.8) is 0 Å². The zero-order valence-electron chi connectivity index (χ0n) is 15.6. The molecule has 1 aliphatic rings. The molecule has 2 aromatic carbocycles. The average molecular weight is 373 g/mol. The van der Waals surface area contributed by atoms with Crippen LogP contribution in [0.1, 0.15) is 22.7 Å². The molecule has 0 radical (unpaired) electrons. The third-order valence-corrected chi connectivity index (χ3v) is 4.81. The number of hydrogen-bond acceptors (Lipinski definition) is 4. The molecule has 142 valence electrons. The zero-order valence-corrected chi connectivity index (χ0v) is 15.6. The van der Waals surface area contributed by atoms with E-state index in [2.05, 4.69) is 22.5 Å². The number of rotatable bonds is 5. The molecule has 0 saturated carbocycles. The van der Waals surface area contributed by atoms with Crippen LogP contribution in [0, 0.1) is 0 Å². The summed E-state index contributed by atoms with van der Waals surface area (Å²) in [5, 5.41) is 7.76. The van der Waals surface area contributed by atoms with E-state index in [1.165, 1.54) is 10.2 Å². The molecular formula is C23H23N3O2. The van der Waals surface area contributed by atoms with E-state index in [1.807, 2.05) is 60.7 Å². The Bertz CT molecular complexity index is 997. The minimum absolute atomic E-state index is 0.0975. The second-order valence-corrected chi connectivity index (χ2v) is 6.77. The summed E-state index contributed by atoms with van der Waals surface area (Å²) in [6, 6.07) is 20.1. The fourth-order valence-corrected chi connectivity index (χ4v) is 3.43. The van der Waals surface area contributed by atoms with Crippen molar-refractivity contribution >= 4 is 6.08 Å². The monoisotopic (exact) mass is 373 g/mol. The lowest BCUT2D eigenvalue weighted by molar-refractivity contribution is 0.321. The van der Waals surface area contributed by atoms with Gasteiger partial charge in [-0.3, -0.25) is 4.79 Å². The van der Waals surface area contributed by atoms with Crippen LogP contribution in [0.15, 0.2) is 77.7 Å². The maximum Gasteiger partial charge on any atom is 0.275 e. The van der Waals surface area contributed by atoms with Gasteiger partial charge in [0.25, 0.3) is 5.56 Å². The van der Waals surface area contributed by atoms with Gasteiger partial charge in [0.1, 0.15) is 12.4 Å². The van der Waals surface area contributed by atoms with Crippen molar-refractivity contribution in [1.29, 1.82) is 0 Å². The van der Waals surface area contributed by atoms with Crippen LogP contribution in [0.4, 0.5) is 0 Å². The van der Waals surface area contributed by atoms with Gasteiger partial charge in [0.2, 0.25) is 0 Å². The summed E-state index contributed by atoms with van der Waals surface area (Å²) in [5.41, 5.74) is 2.83. The predicted molar refractivity (Wildman–Crippen MR) is 110 cm³/mol. The molecule has 0 spiro atoms. The Hall–Kier alpha value is -3.18. The SMILES string of the molecule is O=c1c2c(cnn1CC=Cc1ccccc1)OCCNC2Cc1ccccc1. The summed E-state index contributed by atoms with van der Waals surface area (Å²) >= 11 is 0. The molecule has 3 aromatic rings. The highest BCUT2D eigenvalue weighted by Crippen LogP contribution is 2.25. The molecule has 5 nitrogen and oxygen atoms in total. The van der Waals surface area contributed by atoms with Gasteiger partial charge >= 0.3 is 0 Å². The maximum absolute atomic E-state index is 13.2. The fourth-order valence-electron chi connectivity index (χ4n) is 3.43. The van der Waals surface area contributed by atoms with Crippen LogP contribution in [0.3, 0.4) is 0 Å². The molecule has 2 heterocycles. The molecule has 4 rings (SSSR count). The highest BCUT2D eigenvalue weighted by Gasteiger charge is 2.24. The summed E-state index contributed by atoms with van der Waals surface area (Å²) in [6.45, 7) is 1.63. The van der Waals surface area contributed by atoms with Crippen molar-refractivity contribution < 1.29 is 4.74 Å². The minimum Gasteiger partial charge on any atom is -0.490 e. The van der Waals surface area contributed by atoms with E-state index in [0.29, 0.717) is 31.0 Å². The van der Waals surface area contributed by atoms with E-state index in [1.54, 1.807) is 6.20 Å². The van der Waals surface area contributed by atoms with Crippen LogP contribution in [0.2, 0.25) is 0 Å². The van der Waals surface area contributed by atoms with Gasteiger partial charge in [0.05, 0.1) is 18.3 Å². The largest absolute Gasteiger partial charge is 0.490 e. The molecule has 5 heteroatoms. The van der Waals surface area contributed by atoms with Gasteiger partial charge in [-0.1, -0.05) is 72.8 Å². The molecule has 1 aliphatic heterocycles. The van der Waals surface area contributed by atoms with E-state index in [9.17, 15) is 4.79 Å². The predicted octanol–water partition coefficient (Wildman–Crippen LogP) is 3.22. The molecular weight excluding hydrogens is 350 g/mol. The molecule has 1 unspecified atom stereocenters. The van der Waals surface area contributed by atoms with Gasteiger partial charge in [-0.15, -0.1) is 0 Å². The fraction of sp³-hybridized carbons (Fsp3) is 0.217. The molecule has 1 N–H and O–H groups in total. The van der Waals surface area contributed by atoms with Crippen LogP contribution < -0.4 is 15.6 Å². The number of ether oxygens (including phenoxy) is 1. The Kier molecular flexibility index (Phi) is 5.64. The van der Waals surface area contributed by atoms with E-state index in [0.717, 1.165) is 12.0 Å². The lowest BCUT2D eigenvalue weighted by Gasteiger charge is -2.17. The highest BCUT2D eigenvalue weighted by molar-refractivity contribution is 5.48. The van der Waals surface area contributed by atoms with Gasteiger partial charge in [-0.25, -0.2) is 4.68 Å². The molecule has 0 amide bonds. The number of aromatic nitrogens is 2. The Labute approximate surface area is 164 Å². The third kappa shape index (κ3) is 4.21. The second-order valence-electron chi connectivity index (χ2n) is 6.77. The number of benzene rings is 2. The molecule has 1 atom stereocenters. The van der Waals surface area contributed by atoms with Crippen LogP contribution in [0.25, 0.3) is 6.08 Å². The van der Waals surface area contributed by atoms with Crippen LogP contribution in [-0.2, 0) is 13.0 Å². The van der Waals surface area contributed by atoms with Crippen molar-refractivity contribution in [3.8, 4) is 5.75 Å². The van der Waals surface area contributed by atoms with Gasteiger partial charge in [0.15, 0.2) is 0 Å². The van der Waals surface area contributed by atoms with Gasteiger partial charge in [-0.05, 0) is 17.5 Å². The lowest BCUT2D eigenvalue weighted by atomic mass is 10.00. The Balaban J connectivity index is 1.61. The zero-order chi connectivity index (χ0) is 19.2. The normalized spacial score (nSPS) is 16.4. The number of hydrogen-bond donors (Lipinski definition) is 1. The van der Waals surface area contributed by atoms with Crippen molar-refractivity contribution in [1.82, 2.24) is 15.1 Å². The molecule has 28 heavy (non-hydrogen) atoms. The van der Waals surface area contributed by atoms with E-state index in [4.69, 9.17) is 4.74 Å². The minimum atomic E-state index is -0.106. The van der Waals surface area contributed by atoms with Crippen LogP contribution in [-0.4, -0.2) is 22.9 Å². The summed E-state index contributed by atoms with van der Waals surface area (Å²) in [7, 11) is 0. The highest BCUT2D eigenvalue weighted by atomic mass is 16.5. The Morgan fingerprint density at radius 2 is 1.86 bits per heavy atom. The van der Waals surface area contributed by atoms with Crippen LogP contribution in [0.5, 0.6) is 5.75 Å². The lowest BCUT2D eigenvalue weighted by Crippen LogP contribution is -2.32. The molecule has 0 fully saturated rings. The van der Waals surface area contributed by atoms with E-state index >= 15 is 0 Å². The smallest absolute Gasteiger partial charge is 0.275 e. The van der Waals surface area contributed by atoms with Gasteiger partial charge < -0.3 is 10.1 Å². The third-order valence-electron chi connectivity index (χ3n) is 4.81. The summed E-state index contributed by atoms with van der Waals surface area (Å²) in [4.78, 5) is 13.2. The molecule has 0 bridgehead atoms. The summed E-state index contributed by atoms with van der Waals surface area (Å²) in [5.74, 6) is 0.583. The second kappa shape index (κ2) is 8.67. The number of nitrogens with one attached hydrogen (secondary N) is 1. The number of nitrogens with zero attached hydrogens (tertiary/aromatic N) is 2. The molecule has 0 aliphatic carbocycles. The van der Waals surface area contributed by atoms with Crippen molar-refractivity contribution in [2.75, 3.05) is 13.2 Å². The topological polar surface area (TPSA) is 56.2 Å². The van der Waals surface area contributed by atoms with Crippen molar-refractivity contribution in [3.05, 3.63) is 100.0 Å². The summed E-state index contributed by atoms with van der Waals surface area (Å²) < 4.78 is 7.26. The van der Waals surface area contributed by atoms with E-state index < -0.39 is 0 Å². The van der Waals surface area contributed by atoms with Crippen molar-refractivity contribution in [2.45, 2.75) is 19.0 Å². The average Bonchev–Trinajstić information content (AvgIpc) is 2.94. The summed E-state index contributed by atoms with van der Waals surface area (Å²) in [6.07, 6.45) is 6.34. The maximum atomic E-state index is 13.2. The Morgan fingerprint density at radius 1 is 1.11 bits per heavy atom.